The third-order valence-corrected chi connectivity index (χ3v) is 4.28. The van der Waals surface area contributed by atoms with Gasteiger partial charge in [-0.15, -0.1) is 11.3 Å². The quantitative estimate of drug-likeness (QED) is 0.856. The summed E-state index contributed by atoms with van der Waals surface area (Å²) in [5.74, 6) is -0.248. The first-order valence-electron chi connectivity index (χ1n) is 5.63. The van der Waals surface area contributed by atoms with E-state index in [0.29, 0.717) is 10.7 Å². The monoisotopic (exact) mass is 259 g/mol. The molecule has 0 saturated carbocycles. The summed E-state index contributed by atoms with van der Waals surface area (Å²) < 4.78 is 13.1. The first-order chi connectivity index (χ1) is 8.69. The van der Waals surface area contributed by atoms with E-state index in [1.165, 1.54) is 23.5 Å². The second kappa shape index (κ2) is 4.07. The Labute approximate surface area is 108 Å². The Morgan fingerprint density at radius 3 is 3.11 bits per heavy atom. The van der Waals surface area contributed by atoms with Gasteiger partial charge in [0, 0.05) is 10.8 Å². The minimum atomic E-state index is -0.377. The molecule has 3 nitrogen and oxygen atoms in total. The third-order valence-electron chi connectivity index (χ3n) is 3.24. The van der Waals surface area contributed by atoms with E-state index in [2.05, 4.69) is 11.1 Å². The van der Waals surface area contributed by atoms with Crippen LogP contribution in [-0.2, 0) is 6.42 Å². The number of nitrogens with two attached hydrogens (primary N) is 1. The summed E-state index contributed by atoms with van der Waals surface area (Å²) in [6, 6.07) is 6.45. The van der Waals surface area contributed by atoms with E-state index in [1.807, 2.05) is 0 Å². The Morgan fingerprint density at radius 2 is 2.33 bits per heavy atom. The van der Waals surface area contributed by atoms with Crippen LogP contribution in [0.15, 0.2) is 18.2 Å². The number of hydrogen-bond acceptors (Lipinski definition) is 4. The van der Waals surface area contributed by atoms with Gasteiger partial charge in [-0.05, 0) is 30.5 Å². The van der Waals surface area contributed by atoms with Crippen LogP contribution < -0.4 is 5.73 Å². The van der Waals surface area contributed by atoms with Gasteiger partial charge in [0.1, 0.15) is 5.82 Å². The van der Waals surface area contributed by atoms with Crippen LogP contribution in [0.2, 0.25) is 0 Å². The predicted octanol–water partition coefficient (Wildman–Crippen LogP) is 2.81. The zero-order valence-corrected chi connectivity index (χ0v) is 10.3. The Bertz CT molecular complexity index is 657. The minimum absolute atomic E-state index is 0.130. The summed E-state index contributed by atoms with van der Waals surface area (Å²) in [5.41, 5.74) is 8.01. The molecule has 1 heterocycles. The topological polar surface area (TPSA) is 62.7 Å². The van der Waals surface area contributed by atoms with Gasteiger partial charge in [-0.1, -0.05) is 6.07 Å². The van der Waals surface area contributed by atoms with Gasteiger partial charge in [-0.3, -0.25) is 0 Å². The number of nitrogen functional groups attached to an aromatic ring is 1. The third kappa shape index (κ3) is 1.66. The van der Waals surface area contributed by atoms with Gasteiger partial charge >= 0.3 is 0 Å². The van der Waals surface area contributed by atoms with Crippen molar-refractivity contribution in [3.05, 3.63) is 45.7 Å². The lowest BCUT2D eigenvalue weighted by molar-refractivity contribution is 0.625. The van der Waals surface area contributed by atoms with Crippen molar-refractivity contribution in [2.75, 3.05) is 5.73 Å². The summed E-state index contributed by atoms with van der Waals surface area (Å²) in [4.78, 5) is 5.40. The van der Waals surface area contributed by atoms with E-state index >= 15 is 0 Å². The summed E-state index contributed by atoms with van der Waals surface area (Å²) in [7, 11) is 0. The molecule has 2 aromatic rings. The number of anilines is 1. The highest BCUT2D eigenvalue weighted by atomic mass is 32.1. The van der Waals surface area contributed by atoms with Gasteiger partial charge in [0.2, 0.25) is 0 Å². The molecule has 1 aromatic carbocycles. The van der Waals surface area contributed by atoms with E-state index in [0.717, 1.165) is 29.0 Å². The molecule has 1 unspecified atom stereocenters. The molecule has 3 rings (SSSR count). The highest BCUT2D eigenvalue weighted by Crippen LogP contribution is 2.43. The zero-order valence-electron chi connectivity index (χ0n) is 9.48. The van der Waals surface area contributed by atoms with Gasteiger partial charge in [0.25, 0.3) is 0 Å². The van der Waals surface area contributed by atoms with E-state index in [-0.39, 0.29) is 11.7 Å². The number of nitriles is 1. The molecule has 1 aliphatic carbocycles. The van der Waals surface area contributed by atoms with Crippen molar-refractivity contribution in [3.8, 4) is 6.07 Å². The summed E-state index contributed by atoms with van der Waals surface area (Å²) in [5, 5.41) is 9.66. The molecular weight excluding hydrogens is 249 g/mol. The molecular formula is C13H10FN3S. The SMILES string of the molecule is N#Cc1cc(F)ccc1C1CCc2nc(N)sc21. The normalized spacial score (nSPS) is 17.4. The number of halogens is 1. The smallest absolute Gasteiger partial charge is 0.180 e. The largest absolute Gasteiger partial charge is 0.375 e. The molecule has 1 aliphatic rings. The van der Waals surface area contributed by atoms with Crippen molar-refractivity contribution >= 4 is 16.5 Å². The first-order valence-corrected chi connectivity index (χ1v) is 6.45. The summed E-state index contributed by atoms with van der Waals surface area (Å²) in [6.07, 6.45) is 1.78. The standard InChI is InChI=1S/C13H10FN3S/c14-8-1-2-9(7(5-8)6-15)10-3-4-11-12(10)18-13(16)17-11/h1-2,5,10H,3-4H2,(H2,16,17). The lowest BCUT2D eigenvalue weighted by Crippen LogP contribution is -1.99. The van der Waals surface area contributed by atoms with Crippen LogP contribution in [0, 0.1) is 17.1 Å². The Kier molecular flexibility index (Phi) is 2.53. The fourth-order valence-corrected chi connectivity index (χ4v) is 3.51. The van der Waals surface area contributed by atoms with Crippen LogP contribution in [0.25, 0.3) is 0 Å². The van der Waals surface area contributed by atoms with Crippen molar-refractivity contribution in [3.63, 3.8) is 0 Å². The molecule has 0 radical (unpaired) electrons. The Hall–Kier alpha value is -1.93. The maximum atomic E-state index is 13.1. The van der Waals surface area contributed by atoms with Gasteiger partial charge in [0.15, 0.2) is 5.13 Å². The van der Waals surface area contributed by atoms with Crippen molar-refractivity contribution in [2.24, 2.45) is 0 Å². The second-order valence-corrected chi connectivity index (χ2v) is 5.36. The maximum Gasteiger partial charge on any atom is 0.180 e. The van der Waals surface area contributed by atoms with Crippen LogP contribution in [0.5, 0.6) is 0 Å². The van der Waals surface area contributed by atoms with Crippen LogP contribution in [0.3, 0.4) is 0 Å². The maximum absolute atomic E-state index is 13.1. The average Bonchev–Trinajstić information content (AvgIpc) is 2.88. The van der Waals surface area contributed by atoms with Gasteiger partial charge in [0.05, 0.1) is 17.3 Å². The molecule has 18 heavy (non-hydrogen) atoms. The summed E-state index contributed by atoms with van der Waals surface area (Å²) >= 11 is 1.47. The van der Waals surface area contributed by atoms with Gasteiger partial charge < -0.3 is 5.73 Å². The number of aromatic nitrogens is 1. The van der Waals surface area contributed by atoms with Crippen LogP contribution in [0.4, 0.5) is 9.52 Å². The fraction of sp³-hybridized carbons (Fsp3) is 0.231. The molecule has 1 aromatic heterocycles. The highest BCUT2D eigenvalue weighted by Gasteiger charge is 2.29. The Morgan fingerprint density at radius 1 is 1.50 bits per heavy atom. The number of fused-ring (bicyclic) bond motifs is 1. The number of nitrogens with zero attached hydrogens (tertiary/aromatic N) is 2. The molecule has 0 spiro atoms. The van der Waals surface area contributed by atoms with Gasteiger partial charge in [-0.25, -0.2) is 9.37 Å². The average molecular weight is 259 g/mol. The first kappa shape index (κ1) is 11.2. The minimum Gasteiger partial charge on any atom is -0.375 e. The highest BCUT2D eigenvalue weighted by molar-refractivity contribution is 7.15. The molecule has 0 amide bonds. The number of benzene rings is 1. The molecule has 0 fully saturated rings. The van der Waals surface area contributed by atoms with Crippen LogP contribution in [-0.4, -0.2) is 4.98 Å². The number of rotatable bonds is 1. The Balaban J connectivity index is 2.10. The number of hydrogen-bond donors (Lipinski definition) is 1. The van der Waals surface area contributed by atoms with E-state index in [1.54, 1.807) is 6.07 Å². The molecule has 1 atom stereocenters. The lowest BCUT2D eigenvalue weighted by Gasteiger charge is -2.11. The van der Waals surface area contributed by atoms with Crippen molar-refractivity contribution < 1.29 is 4.39 Å². The number of aryl methyl sites for hydroxylation is 1. The lowest BCUT2D eigenvalue weighted by atomic mass is 9.94. The van der Waals surface area contributed by atoms with Crippen molar-refractivity contribution in [1.29, 1.82) is 5.26 Å². The second-order valence-electron chi connectivity index (χ2n) is 4.30. The molecule has 2 N–H and O–H groups in total. The van der Waals surface area contributed by atoms with Crippen LogP contribution >= 0.6 is 11.3 Å². The van der Waals surface area contributed by atoms with Crippen molar-refractivity contribution in [2.45, 2.75) is 18.8 Å². The molecule has 5 heteroatoms. The van der Waals surface area contributed by atoms with Crippen molar-refractivity contribution in [1.82, 2.24) is 4.98 Å². The zero-order chi connectivity index (χ0) is 12.7. The van der Waals surface area contributed by atoms with Crippen LogP contribution in [0.1, 0.15) is 34.0 Å². The predicted molar refractivity (Wildman–Crippen MR) is 67.8 cm³/mol. The van der Waals surface area contributed by atoms with E-state index in [4.69, 9.17) is 11.0 Å². The molecule has 0 bridgehead atoms. The molecule has 0 aliphatic heterocycles. The fourth-order valence-electron chi connectivity index (χ4n) is 2.47. The van der Waals surface area contributed by atoms with E-state index in [9.17, 15) is 4.39 Å². The summed E-state index contributed by atoms with van der Waals surface area (Å²) in [6.45, 7) is 0. The number of thiazole rings is 1. The van der Waals surface area contributed by atoms with Gasteiger partial charge in [-0.2, -0.15) is 5.26 Å². The molecule has 0 saturated heterocycles. The molecule has 90 valence electrons. The van der Waals surface area contributed by atoms with E-state index < -0.39 is 0 Å².